The standard InChI is InChI=1S/C36H34O/c1-4-10-29(11-5-1)16-17-32-21-25-35(26-22-32)37-36-27-23-33(19-18-30-12-6-2-7-13-30)28-34(36)24-20-31-14-8-3-9-15-31/h1-15,32-36H,21-23,25-28H2. The molecule has 37 heavy (non-hydrogen) atoms. The second-order valence-electron chi connectivity index (χ2n) is 10.2. The Bertz CT molecular complexity index is 1300. The fourth-order valence-electron chi connectivity index (χ4n) is 5.29. The summed E-state index contributed by atoms with van der Waals surface area (Å²) in [4.78, 5) is 0. The zero-order chi connectivity index (χ0) is 25.1. The van der Waals surface area contributed by atoms with Crippen LogP contribution in [0.2, 0.25) is 0 Å². The summed E-state index contributed by atoms with van der Waals surface area (Å²) in [7, 11) is 0. The monoisotopic (exact) mass is 482 g/mol. The summed E-state index contributed by atoms with van der Waals surface area (Å²) in [5.74, 6) is 21.8. The van der Waals surface area contributed by atoms with E-state index in [9.17, 15) is 0 Å². The Kier molecular flexibility index (Phi) is 8.79. The lowest BCUT2D eigenvalue weighted by Crippen LogP contribution is -2.35. The quantitative estimate of drug-likeness (QED) is 0.344. The molecule has 3 aromatic rings. The van der Waals surface area contributed by atoms with Gasteiger partial charge in [0.25, 0.3) is 0 Å². The largest absolute Gasteiger partial charge is 0.374 e. The fraction of sp³-hybridized carbons (Fsp3) is 0.333. The summed E-state index contributed by atoms with van der Waals surface area (Å²) >= 11 is 0. The van der Waals surface area contributed by atoms with E-state index in [4.69, 9.17) is 4.74 Å². The molecular formula is C36H34O. The number of hydrogen-bond donors (Lipinski definition) is 0. The molecule has 2 saturated carbocycles. The lowest BCUT2D eigenvalue weighted by atomic mass is 9.79. The van der Waals surface area contributed by atoms with Crippen molar-refractivity contribution in [3.8, 4) is 35.5 Å². The van der Waals surface area contributed by atoms with Gasteiger partial charge >= 0.3 is 0 Å². The molecule has 0 spiro atoms. The fourth-order valence-corrected chi connectivity index (χ4v) is 5.29. The van der Waals surface area contributed by atoms with Gasteiger partial charge in [-0.3, -0.25) is 0 Å². The predicted octanol–water partition coefficient (Wildman–Crippen LogP) is 7.50. The molecule has 2 aliphatic rings. The summed E-state index contributed by atoms with van der Waals surface area (Å²) in [5, 5.41) is 0. The summed E-state index contributed by atoms with van der Waals surface area (Å²) in [6, 6.07) is 30.9. The Labute approximate surface area is 222 Å². The van der Waals surface area contributed by atoms with E-state index in [1.54, 1.807) is 0 Å². The van der Waals surface area contributed by atoms with Crippen LogP contribution in [0.25, 0.3) is 0 Å². The minimum atomic E-state index is 0.183. The van der Waals surface area contributed by atoms with E-state index in [1.165, 1.54) is 0 Å². The van der Waals surface area contributed by atoms with Crippen LogP contribution >= 0.6 is 0 Å². The van der Waals surface area contributed by atoms with Crippen LogP contribution < -0.4 is 0 Å². The molecule has 0 amide bonds. The Balaban J connectivity index is 1.21. The average Bonchev–Trinajstić information content (AvgIpc) is 2.97. The molecule has 0 heterocycles. The van der Waals surface area contributed by atoms with Crippen molar-refractivity contribution >= 4 is 0 Å². The van der Waals surface area contributed by atoms with Gasteiger partial charge in [-0.25, -0.2) is 0 Å². The molecule has 5 rings (SSSR count). The predicted molar refractivity (Wildman–Crippen MR) is 151 cm³/mol. The molecule has 0 radical (unpaired) electrons. The van der Waals surface area contributed by atoms with E-state index in [-0.39, 0.29) is 12.0 Å². The van der Waals surface area contributed by atoms with Crippen molar-refractivity contribution in [1.82, 2.24) is 0 Å². The van der Waals surface area contributed by atoms with Crippen LogP contribution in [0.1, 0.15) is 61.6 Å². The normalized spacial score (nSPS) is 24.8. The highest BCUT2D eigenvalue weighted by Crippen LogP contribution is 2.35. The molecule has 0 aromatic heterocycles. The molecule has 3 unspecified atom stereocenters. The topological polar surface area (TPSA) is 9.23 Å². The average molecular weight is 483 g/mol. The van der Waals surface area contributed by atoms with Gasteiger partial charge in [0.05, 0.1) is 12.2 Å². The van der Waals surface area contributed by atoms with Gasteiger partial charge in [0.2, 0.25) is 0 Å². The lowest BCUT2D eigenvalue weighted by molar-refractivity contribution is -0.0667. The first-order chi connectivity index (χ1) is 18.3. The maximum atomic E-state index is 6.76. The molecule has 2 fully saturated rings. The zero-order valence-electron chi connectivity index (χ0n) is 21.4. The van der Waals surface area contributed by atoms with Crippen molar-refractivity contribution in [3.05, 3.63) is 108 Å². The first kappa shape index (κ1) is 25.0. The van der Waals surface area contributed by atoms with E-state index in [0.717, 1.165) is 61.6 Å². The highest BCUT2D eigenvalue weighted by Gasteiger charge is 2.32. The van der Waals surface area contributed by atoms with E-state index >= 15 is 0 Å². The summed E-state index contributed by atoms with van der Waals surface area (Å²) < 4.78 is 6.76. The van der Waals surface area contributed by atoms with Crippen molar-refractivity contribution < 1.29 is 4.74 Å². The van der Waals surface area contributed by atoms with Gasteiger partial charge in [-0.2, -0.15) is 0 Å². The van der Waals surface area contributed by atoms with Crippen LogP contribution in [0, 0.1) is 53.3 Å². The Morgan fingerprint density at radius 1 is 0.486 bits per heavy atom. The first-order valence-electron chi connectivity index (χ1n) is 13.7. The Morgan fingerprint density at radius 2 is 0.946 bits per heavy atom. The van der Waals surface area contributed by atoms with E-state index < -0.39 is 0 Å². The molecule has 0 bridgehead atoms. The molecular weight excluding hydrogens is 448 g/mol. The van der Waals surface area contributed by atoms with Gasteiger partial charge in [0, 0.05) is 34.4 Å². The maximum absolute atomic E-state index is 6.76. The van der Waals surface area contributed by atoms with Gasteiger partial charge in [-0.05, 0) is 81.3 Å². The molecule has 3 atom stereocenters. The number of rotatable bonds is 2. The van der Waals surface area contributed by atoms with Crippen molar-refractivity contribution in [2.45, 2.75) is 57.2 Å². The number of hydrogen-bond acceptors (Lipinski definition) is 1. The van der Waals surface area contributed by atoms with Crippen LogP contribution in [0.15, 0.2) is 91.0 Å². The first-order valence-corrected chi connectivity index (χ1v) is 13.7. The Hall–Kier alpha value is -3.70. The molecule has 1 heteroatoms. The molecule has 0 N–H and O–H groups in total. The smallest absolute Gasteiger partial charge is 0.0717 e. The second kappa shape index (κ2) is 13.0. The Morgan fingerprint density at radius 3 is 1.49 bits per heavy atom. The minimum Gasteiger partial charge on any atom is -0.374 e. The third-order valence-corrected chi connectivity index (χ3v) is 7.39. The minimum absolute atomic E-state index is 0.183. The number of benzene rings is 3. The van der Waals surface area contributed by atoms with E-state index in [0.29, 0.717) is 17.9 Å². The summed E-state index contributed by atoms with van der Waals surface area (Å²) in [5.41, 5.74) is 3.25. The van der Waals surface area contributed by atoms with Gasteiger partial charge in [-0.15, -0.1) is 0 Å². The van der Waals surface area contributed by atoms with Gasteiger partial charge in [0.15, 0.2) is 0 Å². The number of ether oxygens (including phenoxy) is 1. The van der Waals surface area contributed by atoms with Gasteiger partial charge in [-0.1, -0.05) is 90.1 Å². The lowest BCUT2D eigenvalue weighted by Gasteiger charge is -2.36. The van der Waals surface area contributed by atoms with Crippen molar-refractivity contribution in [2.75, 3.05) is 0 Å². The third-order valence-electron chi connectivity index (χ3n) is 7.39. The van der Waals surface area contributed by atoms with Gasteiger partial charge < -0.3 is 4.74 Å². The van der Waals surface area contributed by atoms with E-state index in [1.807, 2.05) is 54.6 Å². The second-order valence-corrected chi connectivity index (χ2v) is 10.2. The van der Waals surface area contributed by atoms with Crippen molar-refractivity contribution in [2.24, 2.45) is 17.8 Å². The highest BCUT2D eigenvalue weighted by molar-refractivity contribution is 5.36. The molecule has 184 valence electrons. The van der Waals surface area contributed by atoms with Gasteiger partial charge in [0.1, 0.15) is 0 Å². The molecule has 0 aliphatic heterocycles. The zero-order valence-corrected chi connectivity index (χ0v) is 21.4. The van der Waals surface area contributed by atoms with Crippen molar-refractivity contribution in [1.29, 1.82) is 0 Å². The van der Waals surface area contributed by atoms with Crippen LogP contribution in [0.4, 0.5) is 0 Å². The maximum Gasteiger partial charge on any atom is 0.0717 e. The molecule has 3 aromatic carbocycles. The van der Waals surface area contributed by atoms with Crippen LogP contribution in [-0.2, 0) is 4.74 Å². The van der Waals surface area contributed by atoms with Crippen molar-refractivity contribution in [3.63, 3.8) is 0 Å². The highest BCUT2D eigenvalue weighted by atomic mass is 16.5. The molecule has 1 nitrogen and oxygen atoms in total. The van der Waals surface area contributed by atoms with E-state index in [2.05, 4.69) is 71.9 Å². The van der Waals surface area contributed by atoms with Crippen LogP contribution in [-0.4, -0.2) is 12.2 Å². The molecule has 0 saturated heterocycles. The van der Waals surface area contributed by atoms with Crippen LogP contribution in [0.3, 0.4) is 0 Å². The van der Waals surface area contributed by atoms with Crippen LogP contribution in [0.5, 0.6) is 0 Å². The SMILES string of the molecule is C(#CC1CCC(OC2CCC(C#Cc3ccccc3)CC2C#Cc2ccccc2)CC1)c1ccccc1. The molecule has 2 aliphatic carbocycles. The third kappa shape index (κ3) is 7.64. The summed E-state index contributed by atoms with van der Waals surface area (Å²) in [6.07, 6.45) is 7.97. The summed E-state index contributed by atoms with van der Waals surface area (Å²) in [6.45, 7) is 0.